The molecule has 21 heavy (non-hydrogen) atoms. The minimum Gasteiger partial charge on any atom is -0.389 e. The monoisotopic (exact) mass is 300 g/mol. The zero-order chi connectivity index (χ0) is 14.3. The van der Waals surface area contributed by atoms with Gasteiger partial charge in [0.1, 0.15) is 0 Å². The number of thiazole rings is 1. The van der Waals surface area contributed by atoms with E-state index >= 15 is 0 Å². The molecule has 2 aliphatic heterocycles. The van der Waals surface area contributed by atoms with Crippen LogP contribution in [0, 0.1) is 0 Å². The number of rotatable bonds is 3. The molecule has 2 N–H and O–H groups in total. The Morgan fingerprint density at radius 2 is 1.90 bits per heavy atom. The SMILES string of the molecule is OC1(Cc2nc(-c3ccccc3)cs2)CC2CCC(C1)N2. The summed E-state index contributed by atoms with van der Waals surface area (Å²) >= 11 is 1.67. The van der Waals surface area contributed by atoms with E-state index in [0.717, 1.165) is 29.1 Å². The van der Waals surface area contributed by atoms with Gasteiger partial charge in [-0.2, -0.15) is 0 Å². The molecule has 0 amide bonds. The van der Waals surface area contributed by atoms with Gasteiger partial charge in [-0.15, -0.1) is 11.3 Å². The lowest BCUT2D eigenvalue weighted by atomic mass is 9.85. The lowest BCUT2D eigenvalue weighted by Gasteiger charge is -2.36. The second-order valence-corrected chi connectivity index (χ2v) is 7.38. The molecule has 3 heterocycles. The van der Waals surface area contributed by atoms with Crippen molar-refractivity contribution < 1.29 is 5.11 Å². The second kappa shape index (κ2) is 5.20. The number of nitrogens with zero attached hydrogens (tertiary/aromatic N) is 1. The van der Waals surface area contributed by atoms with Crippen molar-refractivity contribution >= 4 is 11.3 Å². The van der Waals surface area contributed by atoms with Crippen molar-refractivity contribution in [3.05, 3.63) is 40.7 Å². The number of hydrogen-bond acceptors (Lipinski definition) is 4. The van der Waals surface area contributed by atoms with Crippen molar-refractivity contribution in [3.8, 4) is 11.3 Å². The molecule has 2 fully saturated rings. The first kappa shape index (κ1) is 13.4. The van der Waals surface area contributed by atoms with Crippen molar-refractivity contribution in [2.75, 3.05) is 0 Å². The molecule has 1 aromatic heterocycles. The molecule has 1 aromatic carbocycles. The summed E-state index contributed by atoms with van der Waals surface area (Å²) in [5, 5.41) is 17.7. The average molecular weight is 300 g/mol. The Kier molecular flexibility index (Phi) is 3.32. The molecule has 0 saturated carbocycles. The van der Waals surface area contributed by atoms with Crippen LogP contribution in [0.2, 0.25) is 0 Å². The molecule has 2 saturated heterocycles. The summed E-state index contributed by atoms with van der Waals surface area (Å²) in [6.45, 7) is 0. The molecule has 110 valence electrons. The zero-order valence-electron chi connectivity index (χ0n) is 12.0. The first-order valence-electron chi connectivity index (χ1n) is 7.68. The second-order valence-electron chi connectivity index (χ2n) is 6.44. The highest BCUT2D eigenvalue weighted by atomic mass is 32.1. The van der Waals surface area contributed by atoms with Crippen LogP contribution in [0.25, 0.3) is 11.3 Å². The number of fused-ring (bicyclic) bond motifs is 2. The molecule has 4 heteroatoms. The summed E-state index contributed by atoms with van der Waals surface area (Å²) < 4.78 is 0. The van der Waals surface area contributed by atoms with Gasteiger partial charge in [-0.25, -0.2) is 4.98 Å². The van der Waals surface area contributed by atoms with Crippen molar-refractivity contribution in [3.63, 3.8) is 0 Å². The Morgan fingerprint density at radius 1 is 1.19 bits per heavy atom. The molecule has 3 nitrogen and oxygen atoms in total. The van der Waals surface area contributed by atoms with Crippen molar-refractivity contribution in [2.45, 2.75) is 49.8 Å². The van der Waals surface area contributed by atoms with Crippen LogP contribution in [0.15, 0.2) is 35.7 Å². The Labute approximate surface area is 129 Å². The molecule has 2 aliphatic rings. The minimum absolute atomic E-state index is 0.502. The van der Waals surface area contributed by atoms with E-state index in [4.69, 9.17) is 4.98 Å². The van der Waals surface area contributed by atoms with Gasteiger partial charge in [-0.1, -0.05) is 30.3 Å². The summed E-state index contributed by atoms with van der Waals surface area (Å²) in [5.41, 5.74) is 1.61. The smallest absolute Gasteiger partial charge is 0.0961 e. The fourth-order valence-electron chi connectivity index (χ4n) is 3.78. The maximum atomic E-state index is 10.9. The normalized spacial score (nSPS) is 31.5. The lowest BCUT2D eigenvalue weighted by molar-refractivity contribution is -0.00610. The standard InChI is InChI=1S/C17H20N2OS/c20-17(8-13-6-7-14(9-17)18-13)10-16-19-15(11-21-16)12-4-2-1-3-5-12/h1-5,11,13-14,18,20H,6-10H2. The van der Waals surface area contributed by atoms with Crippen molar-refractivity contribution in [1.29, 1.82) is 0 Å². The van der Waals surface area contributed by atoms with Crippen LogP contribution in [-0.4, -0.2) is 27.8 Å². The highest BCUT2D eigenvalue weighted by molar-refractivity contribution is 7.09. The average Bonchev–Trinajstić information content (AvgIpc) is 3.06. The summed E-state index contributed by atoms with van der Waals surface area (Å²) in [7, 11) is 0. The van der Waals surface area contributed by atoms with Crippen LogP contribution in [0.1, 0.15) is 30.7 Å². The van der Waals surface area contributed by atoms with E-state index < -0.39 is 5.60 Å². The van der Waals surface area contributed by atoms with Gasteiger partial charge in [-0.3, -0.25) is 0 Å². The molecule has 4 rings (SSSR count). The molecule has 2 aromatic rings. The molecule has 0 spiro atoms. The Morgan fingerprint density at radius 3 is 2.62 bits per heavy atom. The van der Waals surface area contributed by atoms with Crippen LogP contribution >= 0.6 is 11.3 Å². The quantitative estimate of drug-likeness (QED) is 0.916. The number of piperidine rings is 1. The fourth-order valence-corrected chi connectivity index (χ4v) is 4.72. The van der Waals surface area contributed by atoms with E-state index in [0.29, 0.717) is 18.5 Å². The van der Waals surface area contributed by atoms with Gasteiger partial charge < -0.3 is 10.4 Å². The largest absolute Gasteiger partial charge is 0.389 e. The van der Waals surface area contributed by atoms with E-state index in [2.05, 4.69) is 22.8 Å². The molecular formula is C17H20N2OS. The van der Waals surface area contributed by atoms with Crippen LogP contribution < -0.4 is 5.32 Å². The maximum absolute atomic E-state index is 10.9. The molecule has 2 unspecified atom stereocenters. The van der Waals surface area contributed by atoms with Gasteiger partial charge >= 0.3 is 0 Å². The van der Waals surface area contributed by atoms with E-state index in [1.54, 1.807) is 11.3 Å². The van der Waals surface area contributed by atoms with Gasteiger partial charge in [0.15, 0.2) is 0 Å². The zero-order valence-corrected chi connectivity index (χ0v) is 12.8. The number of hydrogen-bond donors (Lipinski definition) is 2. The van der Waals surface area contributed by atoms with E-state index in [1.165, 1.54) is 12.8 Å². The third kappa shape index (κ3) is 2.76. The fraction of sp³-hybridized carbons (Fsp3) is 0.471. The van der Waals surface area contributed by atoms with Gasteiger partial charge in [0, 0.05) is 29.4 Å². The van der Waals surface area contributed by atoms with Crippen LogP contribution in [0.4, 0.5) is 0 Å². The highest BCUT2D eigenvalue weighted by Crippen LogP contribution is 2.37. The molecular weight excluding hydrogens is 280 g/mol. The Hall–Kier alpha value is -1.23. The summed E-state index contributed by atoms with van der Waals surface area (Å²) in [6, 6.07) is 11.3. The maximum Gasteiger partial charge on any atom is 0.0961 e. The van der Waals surface area contributed by atoms with Crippen LogP contribution in [0.3, 0.4) is 0 Å². The number of aromatic nitrogens is 1. The molecule has 2 bridgehead atoms. The lowest BCUT2D eigenvalue weighted by Crippen LogP contribution is -2.49. The topological polar surface area (TPSA) is 45.2 Å². The molecule has 0 aliphatic carbocycles. The van der Waals surface area contributed by atoms with Crippen LogP contribution in [0.5, 0.6) is 0 Å². The van der Waals surface area contributed by atoms with Gasteiger partial charge in [0.2, 0.25) is 0 Å². The summed E-state index contributed by atoms with van der Waals surface area (Å²) in [4.78, 5) is 4.73. The number of benzene rings is 1. The van der Waals surface area contributed by atoms with Crippen molar-refractivity contribution in [2.24, 2.45) is 0 Å². The first-order chi connectivity index (χ1) is 10.2. The third-order valence-electron chi connectivity index (χ3n) is 4.69. The highest BCUT2D eigenvalue weighted by Gasteiger charge is 2.42. The number of aliphatic hydroxyl groups is 1. The first-order valence-corrected chi connectivity index (χ1v) is 8.56. The van der Waals surface area contributed by atoms with E-state index in [-0.39, 0.29) is 0 Å². The predicted octanol–water partition coefficient (Wildman–Crippen LogP) is 3.00. The van der Waals surface area contributed by atoms with E-state index in [1.807, 2.05) is 18.2 Å². The summed E-state index contributed by atoms with van der Waals surface area (Å²) in [6.07, 6.45) is 4.84. The van der Waals surface area contributed by atoms with E-state index in [9.17, 15) is 5.11 Å². The minimum atomic E-state index is -0.567. The summed E-state index contributed by atoms with van der Waals surface area (Å²) in [5.74, 6) is 0. The van der Waals surface area contributed by atoms with Crippen LogP contribution in [-0.2, 0) is 6.42 Å². The van der Waals surface area contributed by atoms with Gasteiger partial charge in [-0.05, 0) is 25.7 Å². The molecule has 0 radical (unpaired) electrons. The van der Waals surface area contributed by atoms with Gasteiger partial charge in [0.25, 0.3) is 0 Å². The molecule has 2 atom stereocenters. The third-order valence-corrected chi connectivity index (χ3v) is 5.54. The van der Waals surface area contributed by atoms with Gasteiger partial charge in [0.05, 0.1) is 16.3 Å². The van der Waals surface area contributed by atoms with Crippen molar-refractivity contribution in [1.82, 2.24) is 10.3 Å². The predicted molar refractivity (Wildman–Crippen MR) is 85.4 cm³/mol. The Balaban J connectivity index is 1.52. The number of nitrogens with one attached hydrogen (secondary N) is 1. The Bertz CT molecular complexity index is 613.